The summed E-state index contributed by atoms with van der Waals surface area (Å²) in [5.41, 5.74) is 4.23. The lowest BCUT2D eigenvalue weighted by Crippen LogP contribution is -2.13. The van der Waals surface area contributed by atoms with E-state index in [1.54, 1.807) is 24.7 Å². The van der Waals surface area contributed by atoms with Gasteiger partial charge in [0.15, 0.2) is 5.13 Å². The average molecular weight is 545 g/mol. The third-order valence-corrected chi connectivity index (χ3v) is 6.35. The zero-order valence-corrected chi connectivity index (χ0v) is 20.6. The van der Waals surface area contributed by atoms with Crippen molar-refractivity contribution in [1.82, 2.24) is 24.6 Å². The zero-order valence-electron chi connectivity index (χ0n) is 18.1. The van der Waals surface area contributed by atoms with Gasteiger partial charge in [-0.15, -0.1) is 24.8 Å². The first-order chi connectivity index (χ1) is 16.5. The van der Waals surface area contributed by atoms with Crippen molar-refractivity contribution in [3.8, 4) is 22.4 Å². The third kappa shape index (κ3) is 4.53. The Balaban J connectivity index is 0.00000152. The molecule has 4 heterocycles. The van der Waals surface area contributed by atoms with Crippen LogP contribution in [0.25, 0.3) is 38.2 Å². The van der Waals surface area contributed by atoms with E-state index in [0.29, 0.717) is 27.1 Å². The summed E-state index contributed by atoms with van der Waals surface area (Å²) in [5.74, 6) is -1.70. The van der Waals surface area contributed by atoms with Gasteiger partial charge in [0.2, 0.25) is 0 Å². The summed E-state index contributed by atoms with van der Waals surface area (Å²) < 4.78 is 30.8. The van der Waals surface area contributed by atoms with E-state index in [9.17, 15) is 13.6 Å². The molecule has 2 N–H and O–H groups in total. The molecule has 4 aromatic heterocycles. The number of carbonyl (C=O) groups is 1. The van der Waals surface area contributed by atoms with E-state index in [1.807, 2.05) is 22.7 Å². The van der Waals surface area contributed by atoms with Crippen LogP contribution in [0, 0.1) is 11.6 Å². The highest BCUT2D eigenvalue weighted by molar-refractivity contribution is 7.22. The molecule has 0 saturated carbocycles. The van der Waals surface area contributed by atoms with Gasteiger partial charge in [0.05, 0.1) is 33.9 Å². The summed E-state index contributed by atoms with van der Waals surface area (Å²) in [6.45, 7) is 0. The van der Waals surface area contributed by atoms with E-state index in [0.717, 1.165) is 22.5 Å². The summed E-state index contributed by atoms with van der Waals surface area (Å²) in [7, 11) is 0. The number of nitrogens with zero attached hydrogens (tertiary/aromatic N) is 4. The quantitative estimate of drug-likeness (QED) is 0.269. The number of amides is 1. The van der Waals surface area contributed by atoms with Crippen LogP contribution >= 0.6 is 36.2 Å². The first-order valence-electron chi connectivity index (χ1n) is 10.2. The number of thiazole rings is 1. The lowest BCUT2D eigenvalue weighted by molar-refractivity contribution is 0.102. The van der Waals surface area contributed by atoms with E-state index >= 15 is 0 Å². The minimum atomic E-state index is -0.678. The van der Waals surface area contributed by atoms with Gasteiger partial charge in [0.1, 0.15) is 17.3 Å². The second-order valence-corrected chi connectivity index (χ2v) is 8.59. The number of hydrogen-bond donors (Lipinski definition) is 2. The summed E-state index contributed by atoms with van der Waals surface area (Å²) in [6.07, 6.45) is 7.06. The highest BCUT2D eigenvalue weighted by Gasteiger charge is 2.17. The molecule has 0 fully saturated rings. The van der Waals surface area contributed by atoms with Crippen LogP contribution in [-0.2, 0) is 0 Å². The summed E-state index contributed by atoms with van der Waals surface area (Å²) >= 11 is 1.12. The van der Waals surface area contributed by atoms with Crippen molar-refractivity contribution in [3.05, 3.63) is 90.5 Å². The smallest absolute Gasteiger partial charge is 0.260 e. The number of H-pyrrole nitrogens is 1. The molecule has 0 bridgehead atoms. The monoisotopic (exact) mass is 544 g/mol. The number of hydrogen-bond acceptors (Lipinski definition) is 5. The summed E-state index contributed by atoms with van der Waals surface area (Å²) in [6, 6.07) is 12.4. The predicted octanol–water partition coefficient (Wildman–Crippen LogP) is 6.38. The lowest BCUT2D eigenvalue weighted by atomic mass is 10.1. The van der Waals surface area contributed by atoms with Crippen LogP contribution < -0.4 is 5.32 Å². The number of anilines is 1. The molecule has 0 aliphatic heterocycles. The van der Waals surface area contributed by atoms with Gasteiger partial charge in [-0.2, -0.15) is 5.10 Å². The molecule has 6 rings (SSSR count). The largest absolute Gasteiger partial charge is 0.299 e. The first-order valence-corrected chi connectivity index (χ1v) is 11.0. The van der Waals surface area contributed by atoms with Gasteiger partial charge < -0.3 is 0 Å². The van der Waals surface area contributed by atoms with Crippen molar-refractivity contribution in [1.29, 1.82) is 0 Å². The number of nitrogens with one attached hydrogen (secondary N) is 2. The average Bonchev–Trinajstić information content (AvgIpc) is 3.57. The topological polar surface area (TPSA) is 88.0 Å². The molecule has 36 heavy (non-hydrogen) atoms. The van der Waals surface area contributed by atoms with Crippen molar-refractivity contribution < 1.29 is 13.6 Å². The fourth-order valence-corrected chi connectivity index (χ4v) is 4.63. The minimum absolute atomic E-state index is 0. The Hall–Kier alpha value is -3.86. The maximum Gasteiger partial charge on any atom is 0.260 e. The maximum atomic E-state index is 15.0. The Bertz CT molecular complexity index is 1700. The van der Waals surface area contributed by atoms with Gasteiger partial charge in [0, 0.05) is 29.1 Å². The number of benzene rings is 2. The fraction of sp³-hybridized carbons (Fsp3) is 0. The Morgan fingerprint density at radius 1 is 0.972 bits per heavy atom. The van der Waals surface area contributed by atoms with Gasteiger partial charge in [-0.05, 0) is 42.5 Å². The van der Waals surface area contributed by atoms with Crippen LogP contribution in [0.15, 0.2) is 73.3 Å². The van der Waals surface area contributed by atoms with Crippen LogP contribution in [0.5, 0.6) is 0 Å². The highest BCUT2D eigenvalue weighted by atomic mass is 35.5. The molecule has 0 radical (unpaired) electrons. The normalized spacial score (nSPS) is 10.7. The zero-order chi connectivity index (χ0) is 23.2. The maximum absolute atomic E-state index is 15.0. The second-order valence-electron chi connectivity index (χ2n) is 7.56. The van der Waals surface area contributed by atoms with Crippen molar-refractivity contribution >= 4 is 63.1 Å². The Morgan fingerprint density at radius 3 is 2.58 bits per heavy atom. The Morgan fingerprint density at radius 2 is 1.81 bits per heavy atom. The first kappa shape index (κ1) is 25.2. The lowest BCUT2D eigenvalue weighted by Gasteiger charge is -2.07. The molecule has 0 aliphatic rings. The molecule has 7 nitrogen and oxygen atoms in total. The van der Waals surface area contributed by atoms with Crippen LogP contribution in [0.4, 0.5) is 13.9 Å². The standard InChI is InChI=1S/C24H14F2N6OS.2ClH/c25-16-3-5-19-21(8-16)34-24(30-19)31-23(33)17-4-1-13(7-18(17)26)20-11-27-22-6-2-14(12-32(20)22)15-9-28-29-10-15;;/h1-12H,(H,28,29)(H,30,31,33);2*1H. The summed E-state index contributed by atoms with van der Waals surface area (Å²) in [4.78, 5) is 21.3. The molecule has 182 valence electrons. The number of carbonyl (C=O) groups excluding carboxylic acids is 1. The number of aromatic amines is 1. The van der Waals surface area contributed by atoms with Gasteiger partial charge in [-0.3, -0.25) is 19.6 Å². The molecule has 1 amide bonds. The van der Waals surface area contributed by atoms with Crippen LogP contribution in [0.2, 0.25) is 0 Å². The van der Waals surface area contributed by atoms with Gasteiger partial charge in [0.25, 0.3) is 5.91 Å². The fourth-order valence-electron chi connectivity index (χ4n) is 3.75. The minimum Gasteiger partial charge on any atom is -0.299 e. The van der Waals surface area contributed by atoms with E-state index in [1.165, 1.54) is 30.3 Å². The molecule has 0 saturated heterocycles. The molecule has 0 atom stereocenters. The SMILES string of the molecule is Cl.Cl.O=C(Nc1nc2ccc(F)cc2s1)c1ccc(-c2cnc3ccc(-c4cn[nH]c4)cn23)cc1F. The molecular formula is C24H16Cl2F2N6OS. The van der Waals surface area contributed by atoms with Crippen LogP contribution in [0.1, 0.15) is 10.4 Å². The van der Waals surface area contributed by atoms with Crippen molar-refractivity contribution in [2.24, 2.45) is 0 Å². The van der Waals surface area contributed by atoms with E-state index in [-0.39, 0.29) is 41.3 Å². The molecule has 0 unspecified atom stereocenters. The number of rotatable bonds is 4. The molecule has 12 heteroatoms. The Kier molecular flexibility index (Phi) is 7.02. The van der Waals surface area contributed by atoms with Crippen molar-refractivity contribution in [3.63, 3.8) is 0 Å². The number of imidazole rings is 1. The molecule has 0 aliphatic carbocycles. The van der Waals surface area contributed by atoms with Gasteiger partial charge >= 0.3 is 0 Å². The highest BCUT2D eigenvalue weighted by Crippen LogP contribution is 2.29. The van der Waals surface area contributed by atoms with Crippen LogP contribution in [-0.4, -0.2) is 30.5 Å². The number of halogens is 4. The summed E-state index contributed by atoms with van der Waals surface area (Å²) in [5, 5.41) is 9.62. The number of fused-ring (bicyclic) bond motifs is 2. The predicted molar refractivity (Wildman–Crippen MR) is 140 cm³/mol. The van der Waals surface area contributed by atoms with Crippen molar-refractivity contribution in [2.45, 2.75) is 0 Å². The van der Waals surface area contributed by atoms with Crippen molar-refractivity contribution in [2.75, 3.05) is 5.32 Å². The number of aromatic nitrogens is 5. The second kappa shape index (κ2) is 10.0. The molecule has 0 spiro atoms. The molecule has 6 aromatic rings. The van der Waals surface area contributed by atoms with Crippen LogP contribution in [0.3, 0.4) is 0 Å². The Labute approximate surface area is 219 Å². The van der Waals surface area contributed by atoms with E-state index in [4.69, 9.17) is 0 Å². The van der Waals surface area contributed by atoms with E-state index < -0.39 is 11.7 Å². The number of pyridine rings is 1. The third-order valence-electron chi connectivity index (χ3n) is 5.42. The van der Waals surface area contributed by atoms with Gasteiger partial charge in [-0.25, -0.2) is 18.7 Å². The molecular weight excluding hydrogens is 529 g/mol. The molecule has 2 aromatic carbocycles. The van der Waals surface area contributed by atoms with Gasteiger partial charge in [-0.1, -0.05) is 17.4 Å². The van der Waals surface area contributed by atoms with E-state index in [2.05, 4.69) is 25.5 Å².